The van der Waals surface area contributed by atoms with Gasteiger partial charge < -0.3 is 10.5 Å². The summed E-state index contributed by atoms with van der Waals surface area (Å²) in [6.45, 7) is 0. The highest BCUT2D eigenvalue weighted by Gasteiger charge is 2.10. The lowest BCUT2D eigenvalue weighted by molar-refractivity contribution is -0.139. The third kappa shape index (κ3) is 2.72. The van der Waals surface area contributed by atoms with Crippen LogP contribution in [-0.4, -0.2) is 13.1 Å². The molecule has 0 aromatic heterocycles. The first-order chi connectivity index (χ1) is 6.54. The van der Waals surface area contributed by atoms with E-state index in [0.29, 0.717) is 5.69 Å². The van der Waals surface area contributed by atoms with Gasteiger partial charge in [-0.3, -0.25) is 4.79 Å². The number of esters is 1. The predicted octanol–water partition coefficient (Wildman–Crippen LogP) is 2.51. The van der Waals surface area contributed by atoms with Crippen molar-refractivity contribution in [1.29, 1.82) is 0 Å². The minimum Gasteiger partial charge on any atom is -0.469 e. The second-order valence-electron chi connectivity index (χ2n) is 2.71. The fraction of sp³-hybridized carbons (Fsp3) is 0.222. The molecule has 0 aliphatic heterocycles. The SMILES string of the molecule is COC(=O)Cc1c(N)cc(Br)cc1Br. The number of carbonyl (C=O) groups is 1. The van der Waals surface area contributed by atoms with E-state index >= 15 is 0 Å². The monoisotopic (exact) mass is 321 g/mol. The minimum atomic E-state index is -0.306. The van der Waals surface area contributed by atoms with E-state index in [0.717, 1.165) is 14.5 Å². The molecule has 1 aromatic carbocycles. The molecule has 1 aromatic rings. The number of anilines is 1. The van der Waals surface area contributed by atoms with Gasteiger partial charge in [-0.2, -0.15) is 0 Å². The molecule has 0 saturated heterocycles. The molecule has 0 spiro atoms. The Labute approximate surface area is 98.9 Å². The lowest BCUT2D eigenvalue weighted by Gasteiger charge is -2.07. The highest BCUT2D eigenvalue weighted by molar-refractivity contribution is 9.11. The standard InChI is InChI=1S/C9H9Br2NO2/c1-14-9(13)4-6-7(11)2-5(10)3-8(6)12/h2-3H,4,12H2,1H3. The molecule has 14 heavy (non-hydrogen) atoms. The summed E-state index contributed by atoms with van der Waals surface area (Å²) in [5, 5.41) is 0. The van der Waals surface area contributed by atoms with Gasteiger partial charge in [0.15, 0.2) is 0 Å². The van der Waals surface area contributed by atoms with E-state index in [1.54, 1.807) is 6.07 Å². The third-order valence-electron chi connectivity index (χ3n) is 1.74. The van der Waals surface area contributed by atoms with E-state index < -0.39 is 0 Å². The Balaban J connectivity index is 3.02. The maximum absolute atomic E-state index is 11.1. The van der Waals surface area contributed by atoms with Crippen LogP contribution >= 0.6 is 31.9 Å². The topological polar surface area (TPSA) is 52.3 Å². The van der Waals surface area contributed by atoms with Crippen molar-refractivity contribution in [3.8, 4) is 0 Å². The Morgan fingerprint density at radius 1 is 1.50 bits per heavy atom. The van der Waals surface area contributed by atoms with Crippen molar-refractivity contribution in [2.45, 2.75) is 6.42 Å². The number of nitrogen functional groups attached to an aromatic ring is 1. The molecule has 3 nitrogen and oxygen atoms in total. The summed E-state index contributed by atoms with van der Waals surface area (Å²) in [5.74, 6) is -0.306. The number of halogens is 2. The van der Waals surface area contributed by atoms with Gasteiger partial charge in [-0.15, -0.1) is 0 Å². The van der Waals surface area contributed by atoms with E-state index in [-0.39, 0.29) is 12.4 Å². The number of carbonyl (C=O) groups excluding carboxylic acids is 1. The smallest absolute Gasteiger partial charge is 0.310 e. The van der Waals surface area contributed by atoms with Gasteiger partial charge in [0.05, 0.1) is 13.5 Å². The molecule has 0 bridgehead atoms. The molecule has 0 unspecified atom stereocenters. The molecule has 76 valence electrons. The maximum atomic E-state index is 11.1. The molecule has 0 fully saturated rings. The highest BCUT2D eigenvalue weighted by Crippen LogP contribution is 2.28. The van der Waals surface area contributed by atoms with Crippen LogP contribution in [0.5, 0.6) is 0 Å². The molecular formula is C9H9Br2NO2. The zero-order valence-corrected chi connectivity index (χ0v) is 10.7. The zero-order valence-electron chi connectivity index (χ0n) is 7.51. The quantitative estimate of drug-likeness (QED) is 0.672. The van der Waals surface area contributed by atoms with Gasteiger partial charge in [0.1, 0.15) is 0 Å². The average Bonchev–Trinajstić information content (AvgIpc) is 2.10. The molecular weight excluding hydrogens is 314 g/mol. The Bertz CT molecular complexity index is 343. The highest BCUT2D eigenvalue weighted by atomic mass is 79.9. The predicted molar refractivity (Wildman–Crippen MR) is 62.0 cm³/mol. The molecule has 1 rings (SSSR count). The Morgan fingerprint density at radius 3 is 2.64 bits per heavy atom. The number of hydrogen-bond donors (Lipinski definition) is 1. The lowest BCUT2D eigenvalue weighted by Crippen LogP contribution is -2.07. The number of benzene rings is 1. The second-order valence-corrected chi connectivity index (χ2v) is 4.48. The zero-order chi connectivity index (χ0) is 10.7. The number of hydrogen-bond acceptors (Lipinski definition) is 3. The summed E-state index contributed by atoms with van der Waals surface area (Å²) in [6.07, 6.45) is 0.177. The average molecular weight is 323 g/mol. The van der Waals surface area contributed by atoms with Gasteiger partial charge in [0.2, 0.25) is 0 Å². The number of rotatable bonds is 2. The van der Waals surface area contributed by atoms with Crippen molar-refractivity contribution >= 4 is 43.5 Å². The maximum Gasteiger partial charge on any atom is 0.310 e. The molecule has 0 aliphatic rings. The van der Waals surface area contributed by atoms with E-state index in [1.165, 1.54) is 7.11 Å². The fourth-order valence-corrected chi connectivity index (χ4v) is 2.42. The number of methoxy groups -OCH3 is 1. The van der Waals surface area contributed by atoms with Gasteiger partial charge in [-0.05, 0) is 12.1 Å². The van der Waals surface area contributed by atoms with Crippen LogP contribution in [0.3, 0.4) is 0 Å². The van der Waals surface area contributed by atoms with Crippen LogP contribution in [0.25, 0.3) is 0 Å². The Kier molecular flexibility index (Phi) is 3.95. The third-order valence-corrected chi connectivity index (χ3v) is 2.91. The van der Waals surface area contributed by atoms with Crippen molar-refractivity contribution < 1.29 is 9.53 Å². The van der Waals surface area contributed by atoms with Crippen molar-refractivity contribution in [3.05, 3.63) is 26.6 Å². The first-order valence-electron chi connectivity index (χ1n) is 3.84. The molecule has 0 heterocycles. The number of nitrogens with two attached hydrogens (primary N) is 1. The van der Waals surface area contributed by atoms with E-state index in [9.17, 15) is 4.79 Å². The largest absolute Gasteiger partial charge is 0.469 e. The molecule has 5 heteroatoms. The van der Waals surface area contributed by atoms with Gasteiger partial charge >= 0.3 is 5.97 Å². The minimum absolute atomic E-state index is 0.177. The summed E-state index contributed by atoms with van der Waals surface area (Å²) in [4.78, 5) is 11.1. The van der Waals surface area contributed by atoms with Crippen LogP contribution in [0.1, 0.15) is 5.56 Å². The Hall–Kier alpha value is -0.550. The van der Waals surface area contributed by atoms with Gasteiger partial charge in [0, 0.05) is 20.2 Å². The van der Waals surface area contributed by atoms with E-state index in [2.05, 4.69) is 36.6 Å². The number of ether oxygens (including phenoxy) is 1. The fourth-order valence-electron chi connectivity index (χ4n) is 1.03. The summed E-state index contributed by atoms with van der Waals surface area (Å²) < 4.78 is 6.24. The second kappa shape index (κ2) is 4.79. The van der Waals surface area contributed by atoms with Gasteiger partial charge in [-0.25, -0.2) is 0 Å². The van der Waals surface area contributed by atoms with Crippen LogP contribution in [0.2, 0.25) is 0 Å². The first-order valence-corrected chi connectivity index (χ1v) is 5.43. The molecule has 0 atom stereocenters. The van der Waals surface area contributed by atoms with Crippen LogP contribution in [-0.2, 0) is 16.0 Å². The van der Waals surface area contributed by atoms with Gasteiger partial charge in [0.25, 0.3) is 0 Å². The van der Waals surface area contributed by atoms with Crippen LogP contribution in [0.4, 0.5) is 5.69 Å². The summed E-state index contributed by atoms with van der Waals surface area (Å²) >= 11 is 6.64. The molecule has 0 saturated carbocycles. The van der Waals surface area contributed by atoms with Gasteiger partial charge in [-0.1, -0.05) is 31.9 Å². The molecule has 2 N–H and O–H groups in total. The summed E-state index contributed by atoms with van der Waals surface area (Å²) in [5.41, 5.74) is 7.07. The van der Waals surface area contributed by atoms with Crippen LogP contribution in [0.15, 0.2) is 21.1 Å². The van der Waals surface area contributed by atoms with E-state index in [1.807, 2.05) is 6.07 Å². The Morgan fingerprint density at radius 2 is 2.14 bits per heavy atom. The summed E-state index contributed by atoms with van der Waals surface area (Å²) in [6, 6.07) is 3.59. The van der Waals surface area contributed by atoms with Crippen molar-refractivity contribution in [1.82, 2.24) is 0 Å². The van der Waals surface area contributed by atoms with Crippen LogP contribution in [0, 0.1) is 0 Å². The lowest BCUT2D eigenvalue weighted by atomic mass is 10.1. The van der Waals surface area contributed by atoms with Crippen molar-refractivity contribution in [3.63, 3.8) is 0 Å². The van der Waals surface area contributed by atoms with Crippen LogP contribution < -0.4 is 5.73 Å². The van der Waals surface area contributed by atoms with E-state index in [4.69, 9.17) is 5.73 Å². The molecule has 0 amide bonds. The first kappa shape index (κ1) is 11.5. The molecule has 0 aliphatic carbocycles. The summed E-state index contributed by atoms with van der Waals surface area (Å²) in [7, 11) is 1.35. The normalized spacial score (nSPS) is 9.93. The van der Waals surface area contributed by atoms with Crippen molar-refractivity contribution in [2.24, 2.45) is 0 Å². The van der Waals surface area contributed by atoms with Crippen molar-refractivity contribution in [2.75, 3.05) is 12.8 Å². The molecule has 0 radical (unpaired) electrons.